The lowest BCUT2D eigenvalue weighted by molar-refractivity contribution is -0.274. The average Bonchev–Trinajstić information content (AvgIpc) is 3.67. The summed E-state index contributed by atoms with van der Waals surface area (Å²) in [6, 6.07) is 13.9. The maximum Gasteiger partial charge on any atom is 0.573 e. The highest BCUT2D eigenvalue weighted by molar-refractivity contribution is 8.14. The maximum atomic E-state index is 15.0. The number of ether oxygens (including phenoxy) is 1. The van der Waals surface area contributed by atoms with Crippen molar-refractivity contribution in [3.63, 3.8) is 0 Å². The number of halogens is 6. The van der Waals surface area contributed by atoms with Crippen LogP contribution < -0.4 is 15.0 Å². The molecule has 2 atom stereocenters. The van der Waals surface area contributed by atoms with Crippen molar-refractivity contribution in [2.24, 2.45) is 4.99 Å². The minimum Gasteiger partial charge on any atom is -0.406 e. The smallest absolute Gasteiger partial charge is 0.406 e. The van der Waals surface area contributed by atoms with Crippen LogP contribution in [0.4, 0.5) is 36.8 Å². The maximum absolute atomic E-state index is 15.0. The van der Waals surface area contributed by atoms with Crippen molar-refractivity contribution in [1.82, 2.24) is 20.1 Å². The molecule has 1 N–H and O–H groups in total. The molecule has 1 aliphatic heterocycles. The molecular formula is C30H26F6N6O2S. The van der Waals surface area contributed by atoms with Gasteiger partial charge >= 0.3 is 12.4 Å². The number of benzene rings is 3. The molecule has 2 heterocycles. The van der Waals surface area contributed by atoms with E-state index in [1.165, 1.54) is 71.3 Å². The number of aromatic nitrogens is 3. The van der Waals surface area contributed by atoms with Crippen molar-refractivity contribution in [3.8, 4) is 22.8 Å². The summed E-state index contributed by atoms with van der Waals surface area (Å²) >= 11 is 1.28. The van der Waals surface area contributed by atoms with Gasteiger partial charge in [0.05, 0.1) is 5.69 Å². The first-order valence-electron chi connectivity index (χ1n) is 13.6. The van der Waals surface area contributed by atoms with Gasteiger partial charge in [-0.1, -0.05) is 49.9 Å². The third-order valence-electron chi connectivity index (χ3n) is 6.71. The third kappa shape index (κ3) is 7.77. The molecule has 0 saturated carbocycles. The first kappa shape index (κ1) is 31.9. The van der Waals surface area contributed by atoms with Crippen LogP contribution in [0.5, 0.6) is 5.75 Å². The first-order chi connectivity index (χ1) is 21.4. The lowest BCUT2D eigenvalue weighted by Gasteiger charge is -2.23. The van der Waals surface area contributed by atoms with E-state index < -0.39 is 24.9 Å². The largest absolute Gasteiger partial charge is 0.573 e. The summed E-state index contributed by atoms with van der Waals surface area (Å²) in [5.41, 5.74) is 2.25. The summed E-state index contributed by atoms with van der Waals surface area (Å²) in [6.07, 6.45) is -8.07. The van der Waals surface area contributed by atoms with Crippen LogP contribution >= 0.6 is 11.8 Å². The Morgan fingerprint density at radius 1 is 1.04 bits per heavy atom. The summed E-state index contributed by atoms with van der Waals surface area (Å²) in [5, 5.41) is 6.52. The van der Waals surface area contributed by atoms with E-state index in [0.29, 0.717) is 34.4 Å². The Morgan fingerprint density at radius 2 is 1.76 bits per heavy atom. The average molecular weight is 649 g/mol. The van der Waals surface area contributed by atoms with Crippen LogP contribution in [0.2, 0.25) is 0 Å². The first-order valence-corrected chi connectivity index (χ1v) is 14.6. The lowest BCUT2D eigenvalue weighted by atomic mass is 10.0. The second-order valence-corrected chi connectivity index (χ2v) is 11.2. The Labute approximate surface area is 258 Å². The van der Waals surface area contributed by atoms with Crippen molar-refractivity contribution < 1.29 is 35.9 Å². The Bertz CT molecular complexity index is 1680. The van der Waals surface area contributed by atoms with Gasteiger partial charge in [-0.05, 0) is 59.5 Å². The van der Waals surface area contributed by atoms with Gasteiger partial charge < -0.3 is 15.0 Å². The normalized spacial score (nSPS) is 15.8. The molecule has 0 aliphatic carbocycles. The SMILES string of the molecule is CC(C)c1cc(F)ccc1N1CCS/C1=N\C(=O)NC(F)C(F)c1ccc(-c2ncn(-c3ccc(OC(F)(F)F)cc3)n2)cc1. The number of aliphatic imine (C=N–C) groups is 1. The fourth-order valence-electron chi connectivity index (χ4n) is 4.57. The van der Waals surface area contributed by atoms with Crippen LogP contribution in [0.25, 0.3) is 17.1 Å². The van der Waals surface area contributed by atoms with Crippen LogP contribution in [-0.4, -0.2) is 50.9 Å². The van der Waals surface area contributed by atoms with Gasteiger partial charge in [-0.15, -0.1) is 18.3 Å². The Kier molecular flexibility index (Phi) is 9.37. The highest BCUT2D eigenvalue weighted by Crippen LogP contribution is 2.33. The van der Waals surface area contributed by atoms with E-state index in [2.05, 4.69) is 19.8 Å². The number of alkyl halides is 5. The van der Waals surface area contributed by atoms with Gasteiger partial charge in [0.2, 0.25) is 6.30 Å². The number of amidine groups is 1. The second kappa shape index (κ2) is 13.2. The quantitative estimate of drug-likeness (QED) is 0.156. The van der Waals surface area contributed by atoms with Crippen molar-refractivity contribution in [3.05, 3.63) is 90.0 Å². The Balaban J connectivity index is 1.22. The number of hydrogen-bond acceptors (Lipinski definition) is 5. The molecule has 2 unspecified atom stereocenters. The number of anilines is 1. The minimum atomic E-state index is -4.81. The molecule has 5 rings (SSSR count). The summed E-state index contributed by atoms with van der Waals surface area (Å²) in [5.74, 6) is 0.0653. The second-order valence-electron chi connectivity index (χ2n) is 10.2. The van der Waals surface area contributed by atoms with Gasteiger partial charge in [-0.3, -0.25) is 0 Å². The Hall–Kier alpha value is -4.53. The monoisotopic (exact) mass is 648 g/mol. The number of hydrogen-bond donors (Lipinski definition) is 1. The molecule has 0 spiro atoms. The summed E-state index contributed by atoms with van der Waals surface area (Å²) in [4.78, 5) is 22.4. The van der Waals surface area contributed by atoms with Gasteiger partial charge in [0, 0.05) is 23.5 Å². The molecule has 1 fully saturated rings. The molecule has 15 heteroatoms. The zero-order valence-corrected chi connectivity index (χ0v) is 24.6. The predicted molar refractivity (Wildman–Crippen MR) is 158 cm³/mol. The van der Waals surface area contributed by atoms with Crippen LogP contribution in [0.1, 0.15) is 37.1 Å². The van der Waals surface area contributed by atoms with Gasteiger partial charge in [0.15, 0.2) is 17.2 Å². The van der Waals surface area contributed by atoms with E-state index in [1.54, 1.807) is 11.0 Å². The third-order valence-corrected chi connectivity index (χ3v) is 7.67. The van der Waals surface area contributed by atoms with Crippen molar-refractivity contribution in [1.29, 1.82) is 0 Å². The van der Waals surface area contributed by atoms with Gasteiger partial charge in [0.25, 0.3) is 0 Å². The van der Waals surface area contributed by atoms with Crippen LogP contribution in [0.3, 0.4) is 0 Å². The molecule has 2 amide bonds. The number of amides is 2. The number of urea groups is 1. The number of thioether (sulfide) groups is 1. The lowest BCUT2D eigenvalue weighted by Crippen LogP contribution is -2.34. The van der Waals surface area contributed by atoms with E-state index in [-0.39, 0.29) is 28.9 Å². The molecule has 0 radical (unpaired) electrons. The van der Waals surface area contributed by atoms with Gasteiger partial charge in [-0.25, -0.2) is 27.6 Å². The summed E-state index contributed by atoms with van der Waals surface area (Å²) in [6.45, 7) is 4.34. The van der Waals surface area contributed by atoms with Crippen LogP contribution in [-0.2, 0) is 0 Å². The molecule has 4 aromatic rings. The van der Waals surface area contributed by atoms with Gasteiger partial charge in [0.1, 0.15) is 17.9 Å². The van der Waals surface area contributed by atoms with Crippen molar-refractivity contribution >= 4 is 28.6 Å². The highest BCUT2D eigenvalue weighted by atomic mass is 32.2. The van der Waals surface area contributed by atoms with E-state index in [4.69, 9.17) is 0 Å². The molecule has 1 aliphatic rings. The van der Waals surface area contributed by atoms with E-state index in [9.17, 15) is 26.7 Å². The zero-order valence-electron chi connectivity index (χ0n) is 23.8. The number of carbonyl (C=O) groups excluding carboxylic acids is 1. The number of nitrogens with zero attached hydrogens (tertiary/aromatic N) is 5. The fourth-order valence-corrected chi connectivity index (χ4v) is 5.52. The van der Waals surface area contributed by atoms with E-state index in [1.807, 2.05) is 19.2 Å². The van der Waals surface area contributed by atoms with Crippen LogP contribution in [0.15, 0.2) is 78.0 Å². The topological polar surface area (TPSA) is 84.6 Å². The number of rotatable bonds is 8. The van der Waals surface area contributed by atoms with Gasteiger partial charge in [-0.2, -0.15) is 4.99 Å². The molecule has 0 bridgehead atoms. The number of nitrogens with one attached hydrogen (secondary N) is 1. The van der Waals surface area contributed by atoms with E-state index >= 15 is 4.39 Å². The molecule has 45 heavy (non-hydrogen) atoms. The molecule has 1 aromatic heterocycles. The highest BCUT2D eigenvalue weighted by Gasteiger charge is 2.31. The zero-order chi connectivity index (χ0) is 32.3. The fraction of sp³-hybridized carbons (Fsp3) is 0.267. The minimum absolute atomic E-state index is 0.000669. The van der Waals surface area contributed by atoms with E-state index in [0.717, 1.165) is 17.7 Å². The number of carbonyl (C=O) groups is 1. The molecule has 236 valence electrons. The molecule has 3 aromatic carbocycles. The standard InChI is InChI=1S/C30H26F6N6O2S/c1-17(2)23-15-20(31)7-12-24(23)41-13-14-45-29(41)39-28(43)38-26(33)25(32)18-3-5-19(6-4-18)27-37-16-42(40-27)21-8-10-22(11-9-21)44-30(34,35)36/h3-12,15-17,25-26H,13-14H2,1-2H3,(H,38,43)/b39-29-. The Morgan fingerprint density at radius 3 is 2.42 bits per heavy atom. The predicted octanol–water partition coefficient (Wildman–Crippen LogP) is 7.72. The van der Waals surface area contributed by atoms with Crippen LogP contribution in [0, 0.1) is 5.82 Å². The summed E-state index contributed by atoms with van der Waals surface area (Å²) < 4.78 is 86.0. The van der Waals surface area contributed by atoms with Crippen molar-refractivity contribution in [2.45, 2.75) is 38.6 Å². The molecule has 1 saturated heterocycles. The molecular weight excluding hydrogens is 622 g/mol. The molecule has 8 nitrogen and oxygen atoms in total. The van der Waals surface area contributed by atoms with Crippen molar-refractivity contribution in [2.75, 3.05) is 17.2 Å². The summed E-state index contributed by atoms with van der Waals surface area (Å²) in [7, 11) is 0.